The maximum atomic E-state index is 15.1. The Hall–Kier alpha value is -3.02. The number of nitrogen functional groups attached to an aromatic ring is 1. The van der Waals surface area contributed by atoms with Gasteiger partial charge in [0.1, 0.15) is 22.6 Å². The van der Waals surface area contributed by atoms with E-state index in [-0.39, 0.29) is 24.4 Å². The lowest BCUT2D eigenvalue weighted by atomic mass is 10.1. The predicted octanol–water partition coefficient (Wildman–Crippen LogP) is 2.46. The van der Waals surface area contributed by atoms with Crippen molar-refractivity contribution in [3.05, 3.63) is 35.3 Å². The minimum absolute atomic E-state index is 0.0395. The van der Waals surface area contributed by atoms with Crippen LogP contribution in [-0.2, 0) is 13.1 Å². The number of aliphatic hydroxyl groups is 1. The van der Waals surface area contributed by atoms with Crippen LogP contribution in [0.4, 0.5) is 16.2 Å². The number of likely N-dealkylation sites (tertiary alicyclic amines) is 2. The molecule has 2 aliphatic rings. The van der Waals surface area contributed by atoms with Gasteiger partial charge in [0.05, 0.1) is 19.9 Å². The Morgan fingerprint density at radius 3 is 2.70 bits per heavy atom. The first-order chi connectivity index (χ1) is 17.9. The average molecular weight is 513 g/mol. The number of hydrogen-bond acceptors (Lipinski definition) is 9. The summed E-state index contributed by atoms with van der Waals surface area (Å²) in [6.07, 6.45) is 5.24. The fourth-order valence-electron chi connectivity index (χ4n) is 5.83. The lowest BCUT2D eigenvalue weighted by Crippen LogP contribution is -2.44. The van der Waals surface area contributed by atoms with E-state index in [1.807, 2.05) is 6.07 Å². The molecule has 0 spiro atoms. The standard InChI is InChI=1S/C26H37FN8O2/c1-4-5-18(6-7-36)30-25-24-22(31-26(28)32-25)11-29-35(24)13-17-8-16(21(27)10-23(17)37-3)12-34-15-19-9-20(34)14-33(19)2/h8,10-11,18-20,36H,4-7,9,12-15H2,1-3H3,(H3,28,30,31,32)/t18-,19+,20+/m0/s1. The number of halogens is 1. The van der Waals surface area contributed by atoms with Gasteiger partial charge in [-0.3, -0.25) is 9.58 Å². The van der Waals surface area contributed by atoms with Crippen LogP contribution in [-0.4, -0.2) is 86.6 Å². The number of nitrogens with zero attached hydrogens (tertiary/aromatic N) is 6. The Labute approximate surface area is 216 Å². The first-order valence-corrected chi connectivity index (χ1v) is 13.1. The molecule has 4 heterocycles. The second kappa shape index (κ2) is 10.8. The van der Waals surface area contributed by atoms with Gasteiger partial charge in [-0.05, 0) is 32.4 Å². The maximum absolute atomic E-state index is 15.1. The molecule has 200 valence electrons. The number of aliphatic hydroxyl groups excluding tert-OH is 1. The third-order valence-electron chi connectivity index (χ3n) is 7.73. The van der Waals surface area contributed by atoms with Crippen molar-refractivity contribution >= 4 is 22.8 Å². The minimum Gasteiger partial charge on any atom is -0.496 e. The quantitative estimate of drug-likeness (QED) is 0.356. The topological polar surface area (TPSA) is 118 Å². The maximum Gasteiger partial charge on any atom is 0.222 e. The Kier molecular flexibility index (Phi) is 7.45. The molecular weight excluding hydrogens is 475 g/mol. The molecule has 2 aromatic heterocycles. The van der Waals surface area contributed by atoms with Crippen LogP contribution in [0.5, 0.6) is 5.75 Å². The zero-order valence-corrected chi connectivity index (χ0v) is 21.8. The second-order valence-corrected chi connectivity index (χ2v) is 10.3. The van der Waals surface area contributed by atoms with Crippen LogP contribution in [0.2, 0.25) is 0 Å². The normalized spacial score (nSPS) is 20.7. The number of benzene rings is 1. The third kappa shape index (κ3) is 5.21. The van der Waals surface area contributed by atoms with E-state index in [0.29, 0.717) is 59.8 Å². The molecule has 37 heavy (non-hydrogen) atoms. The molecule has 11 heteroatoms. The summed E-state index contributed by atoms with van der Waals surface area (Å²) in [5.41, 5.74) is 8.80. The van der Waals surface area contributed by atoms with Crippen molar-refractivity contribution < 1.29 is 14.2 Å². The fourth-order valence-corrected chi connectivity index (χ4v) is 5.83. The van der Waals surface area contributed by atoms with E-state index in [2.05, 4.69) is 44.2 Å². The van der Waals surface area contributed by atoms with Gasteiger partial charge in [0, 0.05) is 61.6 Å². The summed E-state index contributed by atoms with van der Waals surface area (Å²) in [6, 6.07) is 4.44. The summed E-state index contributed by atoms with van der Waals surface area (Å²) in [6.45, 7) is 5.10. The number of fused-ring (bicyclic) bond motifs is 3. The fraction of sp³-hybridized carbons (Fsp3) is 0.577. The number of aromatic nitrogens is 4. The number of piperazine rings is 1. The molecule has 5 rings (SSSR count). The summed E-state index contributed by atoms with van der Waals surface area (Å²) < 4.78 is 22.5. The molecular formula is C26H37FN8O2. The Balaban J connectivity index is 1.45. The Morgan fingerprint density at radius 2 is 2.03 bits per heavy atom. The molecule has 0 saturated carbocycles. The monoisotopic (exact) mass is 512 g/mol. The Bertz CT molecular complexity index is 1240. The lowest BCUT2D eigenvalue weighted by molar-refractivity contribution is 0.142. The third-order valence-corrected chi connectivity index (χ3v) is 7.73. The Morgan fingerprint density at radius 1 is 1.19 bits per heavy atom. The van der Waals surface area contributed by atoms with Gasteiger partial charge in [-0.15, -0.1) is 0 Å². The highest BCUT2D eigenvalue weighted by Gasteiger charge is 2.41. The number of hydrogen-bond donors (Lipinski definition) is 3. The van der Waals surface area contributed by atoms with Crippen LogP contribution in [0.1, 0.15) is 43.7 Å². The van der Waals surface area contributed by atoms with Crippen LogP contribution in [0.25, 0.3) is 11.0 Å². The summed E-state index contributed by atoms with van der Waals surface area (Å²) in [5.74, 6) is 0.945. The van der Waals surface area contributed by atoms with Crippen molar-refractivity contribution in [2.45, 2.75) is 63.8 Å². The first kappa shape index (κ1) is 25.6. The summed E-state index contributed by atoms with van der Waals surface area (Å²) >= 11 is 0. The zero-order valence-electron chi connectivity index (χ0n) is 21.8. The number of methoxy groups -OCH3 is 1. The van der Waals surface area contributed by atoms with Gasteiger partial charge in [0.2, 0.25) is 5.95 Å². The van der Waals surface area contributed by atoms with Crippen LogP contribution >= 0.6 is 0 Å². The van der Waals surface area contributed by atoms with E-state index in [1.165, 1.54) is 6.07 Å². The highest BCUT2D eigenvalue weighted by molar-refractivity contribution is 5.86. The molecule has 3 atom stereocenters. The second-order valence-electron chi connectivity index (χ2n) is 10.3. The van der Waals surface area contributed by atoms with Crippen molar-refractivity contribution in [1.82, 2.24) is 29.5 Å². The molecule has 0 radical (unpaired) electrons. The number of rotatable bonds is 11. The van der Waals surface area contributed by atoms with Crippen LogP contribution < -0.4 is 15.8 Å². The minimum atomic E-state index is -0.257. The number of anilines is 2. The van der Waals surface area contributed by atoms with Gasteiger partial charge in [-0.25, -0.2) is 9.37 Å². The summed E-state index contributed by atoms with van der Waals surface area (Å²) in [4.78, 5) is 13.6. The van der Waals surface area contributed by atoms with Gasteiger partial charge in [-0.1, -0.05) is 13.3 Å². The molecule has 0 aliphatic carbocycles. The molecule has 1 aromatic carbocycles. The van der Waals surface area contributed by atoms with Gasteiger partial charge >= 0.3 is 0 Å². The zero-order chi connectivity index (χ0) is 26.1. The molecule has 4 N–H and O–H groups in total. The van der Waals surface area contributed by atoms with Gasteiger partial charge in [0.25, 0.3) is 0 Å². The van der Waals surface area contributed by atoms with E-state index in [4.69, 9.17) is 10.5 Å². The molecule has 2 aliphatic heterocycles. The van der Waals surface area contributed by atoms with E-state index >= 15 is 4.39 Å². The van der Waals surface area contributed by atoms with E-state index in [9.17, 15) is 5.11 Å². The van der Waals surface area contributed by atoms with E-state index < -0.39 is 0 Å². The van der Waals surface area contributed by atoms with Crippen LogP contribution in [0.3, 0.4) is 0 Å². The highest BCUT2D eigenvalue weighted by Crippen LogP contribution is 2.33. The van der Waals surface area contributed by atoms with Crippen molar-refractivity contribution in [3.63, 3.8) is 0 Å². The van der Waals surface area contributed by atoms with Crippen molar-refractivity contribution in [1.29, 1.82) is 0 Å². The van der Waals surface area contributed by atoms with E-state index in [0.717, 1.165) is 37.9 Å². The number of ether oxygens (including phenoxy) is 1. The molecule has 3 aromatic rings. The number of nitrogens with one attached hydrogen (secondary N) is 1. The van der Waals surface area contributed by atoms with Crippen molar-refractivity contribution in [2.24, 2.45) is 0 Å². The SMILES string of the molecule is CCC[C@@H](CCO)Nc1nc(N)nc2cnn(Cc3cc(CN4C[C@H]5C[C@@H]4CN5C)c(F)cc3OC)c12. The number of likely N-dealkylation sites (N-methyl/N-ethyl adjacent to an activating group) is 1. The van der Waals surface area contributed by atoms with E-state index in [1.54, 1.807) is 18.0 Å². The van der Waals surface area contributed by atoms with Crippen molar-refractivity contribution in [3.8, 4) is 5.75 Å². The van der Waals surface area contributed by atoms with Crippen molar-refractivity contribution in [2.75, 3.05) is 44.9 Å². The molecule has 2 saturated heterocycles. The lowest BCUT2D eigenvalue weighted by Gasteiger charge is -2.32. The highest BCUT2D eigenvalue weighted by atomic mass is 19.1. The van der Waals surface area contributed by atoms with Crippen LogP contribution in [0, 0.1) is 5.82 Å². The van der Waals surface area contributed by atoms with Gasteiger partial charge in [0.15, 0.2) is 5.82 Å². The first-order valence-electron chi connectivity index (χ1n) is 13.1. The van der Waals surface area contributed by atoms with Crippen LogP contribution in [0.15, 0.2) is 18.3 Å². The smallest absolute Gasteiger partial charge is 0.222 e. The predicted molar refractivity (Wildman–Crippen MR) is 141 cm³/mol. The summed E-state index contributed by atoms with van der Waals surface area (Å²) in [5, 5.41) is 17.5. The van der Waals surface area contributed by atoms with Gasteiger partial charge < -0.3 is 25.8 Å². The molecule has 2 bridgehead atoms. The summed E-state index contributed by atoms with van der Waals surface area (Å²) in [7, 11) is 3.71. The molecule has 0 unspecified atom stereocenters. The van der Waals surface area contributed by atoms with Gasteiger partial charge in [-0.2, -0.15) is 10.1 Å². The number of nitrogens with two attached hydrogens (primary N) is 1. The molecule has 10 nitrogen and oxygen atoms in total. The molecule has 0 amide bonds. The average Bonchev–Trinajstić information content (AvgIpc) is 3.55. The largest absolute Gasteiger partial charge is 0.496 e. The molecule has 2 fully saturated rings.